The Morgan fingerprint density at radius 3 is 3.00 bits per heavy atom. The lowest BCUT2D eigenvalue weighted by Gasteiger charge is -2.07. The van der Waals surface area contributed by atoms with Crippen LogP contribution in [-0.2, 0) is 4.74 Å². The molecule has 1 heterocycles. The Kier molecular flexibility index (Phi) is 5.73. The van der Waals surface area contributed by atoms with Crippen molar-refractivity contribution in [1.29, 1.82) is 0 Å². The molecule has 6 nitrogen and oxygen atoms in total. The van der Waals surface area contributed by atoms with Gasteiger partial charge in [0.15, 0.2) is 0 Å². The van der Waals surface area contributed by atoms with Crippen molar-refractivity contribution in [3.05, 3.63) is 18.1 Å². The highest BCUT2D eigenvalue weighted by atomic mass is 16.5. The van der Waals surface area contributed by atoms with Crippen LogP contribution in [0.1, 0.15) is 36.7 Å². The summed E-state index contributed by atoms with van der Waals surface area (Å²) in [6, 6.07) is 0. The number of nitrogens with one attached hydrogen (secondary N) is 2. The number of carbonyl (C=O) groups is 1. The zero-order chi connectivity index (χ0) is 14.2. The third-order valence-electron chi connectivity index (χ3n) is 3.01. The lowest BCUT2D eigenvalue weighted by Crippen LogP contribution is -2.28. The van der Waals surface area contributed by atoms with E-state index in [-0.39, 0.29) is 5.91 Å². The fraction of sp³-hybridized carbons (Fsp3) is 0.643. The first-order valence-electron chi connectivity index (χ1n) is 7.21. The molecule has 110 valence electrons. The summed E-state index contributed by atoms with van der Waals surface area (Å²) in [7, 11) is 0. The van der Waals surface area contributed by atoms with Gasteiger partial charge in [0.25, 0.3) is 5.91 Å². The molecular formula is C14H22N4O2. The van der Waals surface area contributed by atoms with Crippen LogP contribution in [0.25, 0.3) is 0 Å². The van der Waals surface area contributed by atoms with Crippen LogP contribution >= 0.6 is 0 Å². The highest BCUT2D eigenvalue weighted by Crippen LogP contribution is 2.28. The molecule has 0 unspecified atom stereocenters. The molecule has 1 aliphatic rings. The molecule has 0 bridgehead atoms. The van der Waals surface area contributed by atoms with E-state index in [4.69, 9.17) is 4.74 Å². The first-order valence-corrected chi connectivity index (χ1v) is 7.21. The highest BCUT2D eigenvalue weighted by Gasteiger charge is 2.20. The smallest absolute Gasteiger partial charge is 0.271 e. The fourth-order valence-electron chi connectivity index (χ4n) is 1.68. The number of hydrogen-bond acceptors (Lipinski definition) is 5. The molecule has 2 rings (SSSR count). The van der Waals surface area contributed by atoms with Crippen LogP contribution < -0.4 is 10.6 Å². The first-order chi connectivity index (χ1) is 9.79. The van der Waals surface area contributed by atoms with Crippen molar-refractivity contribution >= 4 is 11.7 Å². The van der Waals surface area contributed by atoms with Crippen molar-refractivity contribution in [3.8, 4) is 0 Å². The van der Waals surface area contributed by atoms with Crippen LogP contribution in [-0.4, -0.2) is 42.2 Å². The molecule has 1 aromatic rings. The molecule has 0 spiro atoms. The van der Waals surface area contributed by atoms with Crippen molar-refractivity contribution in [2.75, 3.05) is 31.6 Å². The van der Waals surface area contributed by atoms with Gasteiger partial charge >= 0.3 is 0 Å². The molecule has 0 aromatic carbocycles. The van der Waals surface area contributed by atoms with Gasteiger partial charge in [0, 0.05) is 19.7 Å². The van der Waals surface area contributed by atoms with Crippen LogP contribution in [0.4, 0.5) is 5.82 Å². The van der Waals surface area contributed by atoms with Gasteiger partial charge in [0.1, 0.15) is 11.5 Å². The minimum Gasteiger partial charge on any atom is -0.379 e. The third-order valence-corrected chi connectivity index (χ3v) is 3.01. The number of aromatic nitrogens is 2. The van der Waals surface area contributed by atoms with E-state index in [1.54, 1.807) is 6.20 Å². The monoisotopic (exact) mass is 278 g/mol. The summed E-state index contributed by atoms with van der Waals surface area (Å²) in [5.41, 5.74) is 0.327. The Morgan fingerprint density at radius 1 is 1.40 bits per heavy atom. The lowest BCUT2D eigenvalue weighted by molar-refractivity contribution is 0.0901. The Bertz CT molecular complexity index is 435. The molecule has 1 aromatic heterocycles. The van der Waals surface area contributed by atoms with Crippen molar-refractivity contribution in [2.45, 2.75) is 26.2 Å². The Morgan fingerprint density at radius 2 is 2.25 bits per heavy atom. The van der Waals surface area contributed by atoms with Crippen molar-refractivity contribution in [3.63, 3.8) is 0 Å². The fourth-order valence-corrected chi connectivity index (χ4v) is 1.68. The highest BCUT2D eigenvalue weighted by molar-refractivity contribution is 5.92. The first kappa shape index (κ1) is 14.7. The molecule has 0 saturated heterocycles. The van der Waals surface area contributed by atoms with E-state index in [2.05, 4.69) is 27.5 Å². The maximum Gasteiger partial charge on any atom is 0.271 e. The van der Waals surface area contributed by atoms with Crippen LogP contribution in [0.3, 0.4) is 0 Å². The second-order valence-electron chi connectivity index (χ2n) is 4.99. The zero-order valence-electron chi connectivity index (χ0n) is 11.9. The Labute approximate surface area is 119 Å². The summed E-state index contributed by atoms with van der Waals surface area (Å²) >= 11 is 0. The molecule has 1 fully saturated rings. The summed E-state index contributed by atoms with van der Waals surface area (Å²) in [5, 5.41) is 5.89. The molecule has 0 radical (unpaired) electrons. The average molecular weight is 278 g/mol. The minimum atomic E-state index is -0.215. The van der Waals surface area contributed by atoms with Crippen LogP contribution in [0.5, 0.6) is 0 Å². The summed E-state index contributed by atoms with van der Waals surface area (Å²) < 4.78 is 5.46. The van der Waals surface area contributed by atoms with E-state index in [0.717, 1.165) is 25.5 Å². The van der Waals surface area contributed by atoms with Gasteiger partial charge in [0.05, 0.1) is 19.0 Å². The predicted octanol–water partition coefficient (Wildman–Crippen LogP) is 1.45. The van der Waals surface area contributed by atoms with Crippen LogP contribution in [0, 0.1) is 5.92 Å². The number of ether oxygens (including phenoxy) is 1. The maximum absolute atomic E-state index is 11.9. The normalized spacial score (nSPS) is 14.1. The van der Waals surface area contributed by atoms with E-state index in [9.17, 15) is 4.79 Å². The topological polar surface area (TPSA) is 76.1 Å². The Balaban J connectivity index is 1.70. The molecule has 20 heavy (non-hydrogen) atoms. The van der Waals surface area contributed by atoms with Gasteiger partial charge in [-0.05, 0) is 25.2 Å². The number of rotatable bonds is 9. The summed E-state index contributed by atoms with van der Waals surface area (Å²) in [6.45, 7) is 4.74. The number of anilines is 1. The lowest BCUT2D eigenvalue weighted by atomic mass is 10.4. The van der Waals surface area contributed by atoms with E-state index in [0.29, 0.717) is 24.7 Å². The van der Waals surface area contributed by atoms with E-state index in [1.807, 2.05) is 0 Å². The SMILES string of the molecule is CCCNc1cncc(C(=O)NCCOCC2CC2)n1. The van der Waals surface area contributed by atoms with Crippen LogP contribution in [0.2, 0.25) is 0 Å². The quantitative estimate of drug-likeness (QED) is 0.669. The van der Waals surface area contributed by atoms with Crippen molar-refractivity contribution in [2.24, 2.45) is 5.92 Å². The molecule has 0 atom stereocenters. The van der Waals surface area contributed by atoms with Gasteiger partial charge in [-0.15, -0.1) is 0 Å². The largest absolute Gasteiger partial charge is 0.379 e. The molecule has 6 heteroatoms. The second kappa shape index (κ2) is 7.79. The Hall–Kier alpha value is -1.69. The van der Waals surface area contributed by atoms with E-state index >= 15 is 0 Å². The van der Waals surface area contributed by atoms with Gasteiger partial charge in [-0.2, -0.15) is 0 Å². The molecular weight excluding hydrogens is 256 g/mol. The number of nitrogens with zero attached hydrogens (tertiary/aromatic N) is 2. The molecule has 1 saturated carbocycles. The maximum atomic E-state index is 11.9. The zero-order valence-corrected chi connectivity index (χ0v) is 11.9. The average Bonchev–Trinajstić information content (AvgIpc) is 3.29. The molecule has 1 aliphatic carbocycles. The van der Waals surface area contributed by atoms with Crippen molar-refractivity contribution in [1.82, 2.24) is 15.3 Å². The van der Waals surface area contributed by atoms with Crippen LogP contribution in [0.15, 0.2) is 12.4 Å². The molecule has 1 amide bonds. The molecule has 2 N–H and O–H groups in total. The number of hydrogen-bond donors (Lipinski definition) is 2. The molecule has 0 aliphatic heterocycles. The number of amides is 1. The summed E-state index contributed by atoms with van der Waals surface area (Å²) in [4.78, 5) is 20.1. The van der Waals surface area contributed by atoms with Gasteiger partial charge in [0.2, 0.25) is 0 Å². The van der Waals surface area contributed by atoms with Gasteiger partial charge in [-0.1, -0.05) is 6.92 Å². The van der Waals surface area contributed by atoms with Gasteiger partial charge in [-0.25, -0.2) is 4.98 Å². The third kappa shape index (κ3) is 5.13. The van der Waals surface area contributed by atoms with E-state index < -0.39 is 0 Å². The summed E-state index contributed by atoms with van der Waals surface area (Å²) in [5.74, 6) is 1.16. The van der Waals surface area contributed by atoms with Gasteiger partial charge < -0.3 is 15.4 Å². The van der Waals surface area contributed by atoms with E-state index in [1.165, 1.54) is 19.0 Å². The predicted molar refractivity (Wildman–Crippen MR) is 76.7 cm³/mol. The van der Waals surface area contributed by atoms with Crippen molar-refractivity contribution < 1.29 is 9.53 Å². The number of carbonyl (C=O) groups excluding carboxylic acids is 1. The minimum absolute atomic E-state index is 0.215. The standard InChI is InChI=1S/C14H22N4O2/c1-2-5-16-13-9-15-8-12(18-13)14(19)17-6-7-20-10-11-3-4-11/h8-9,11H,2-7,10H2,1H3,(H,16,18)(H,17,19). The summed E-state index contributed by atoms with van der Waals surface area (Å²) in [6.07, 6.45) is 6.64. The van der Waals surface area contributed by atoms with Gasteiger partial charge in [-0.3, -0.25) is 9.78 Å². The second-order valence-corrected chi connectivity index (χ2v) is 4.99.